The van der Waals surface area contributed by atoms with Gasteiger partial charge in [0.15, 0.2) is 0 Å². The van der Waals surface area contributed by atoms with Crippen molar-refractivity contribution in [3.63, 3.8) is 0 Å². The fourth-order valence-electron chi connectivity index (χ4n) is 2.31. The van der Waals surface area contributed by atoms with Crippen molar-refractivity contribution in [1.82, 2.24) is 4.90 Å². The predicted octanol–water partition coefficient (Wildman–Crippen LogP) is 2.39. The van der Waals surface area contributed by atoms with E-state index >= 15 is 0 Å². The number of benzene rings is 2. The zero-order valence-electron chi connectivity index (χ0n) is 11.7. The summed E-state index contributed by atoms with van der Waals surface area (Å²) in [6.07, 6.45) is 0.785. The summed E-state index contributed by atoms with van der Waals surface area (Å²) in [6.45, 7) is 0.0363. The van der Waals surface area contributed by atoms with Crippen molar-refractivity contribution in [1.29, 1.82) is 0 Å². The molecule has 0 aliphatic carbocycles. The molecule has 3 nitrogen and oxygen atoms in total. The Bertz CT molecular complexity index is 539. The first-order chi connectivity index (χ1) is 9.72. The number of nitrogens with two attached hydrogens (primary N) is 1. The van der Waals surface area contributed by atoms with Crippen LogP contribution in [0.3, 0.4) is 0 Å². The molecule has 0 unspecified atom stereocenters. The van der Waals surface area contributed by atoms with Crippen molar-refractivity contribution >= 4 is 5.91 Å². The van der Waals surface area contributed by atoms with E-state index in [2.05, 4.69) is 12.1 Å². The third kappa shape index (κ3) is 3.45. The third-order valence-corrected chi connectivity index (χ3v) is 3.49. The first-order valence-corrected chi connectivity index (χ1v) is 6.77. The van der Waals surface area contributed by atoms with Crippen LogP contribution < -0.4 is 5.73 Å². The average Bonchev–Trinajstić information content (AvgIpc) is 2.53. The molecule has 2 N–H and O–H groups in total. The summed E-state index contributed by atoms with van der Waals surface area (Å²) in [5, 5.41) is 0. The van der Waals surface area contributed by atoms with E-state index in [1.807, 2.05) is 55.6 Å². The highest BCUT2D eigenvalue weighted by atomic mass is 16.2. The van der Waals surface area contributed by atoms with Crippen LogP contribution in [0.5, 0.6) is 0 Å². The lowest BCUT2D eigenvalue weighted by Gasteiger charge is -2.28. The molecule has 104 valence electrons. The molecule has 0 radical (unpaired) electrons. The van der Waals surface area contributed by atoms with Gasteiger partial charge < -0.3 is 10.6 Å². The normalized spacial score (nSPS) is 11.9. The molecule has 2 rings (SSSR count). The molecule has 1 amide bonds. The molecular formula is C17H20N2O. The molecule has 2 aromatic carbocycles. The van der Waals surface area contributed by atoms with Gasteiger partial charge in [0.25, 0.3) is 0 Å². The molecule has 2 aromatic rings. The van der Waals surface area contributed by atoms with Crippen molar-refractivity contribution in [3.05, 3.63) is 71.8 Å². The maximum Gasteiger partial charge on any atom is 0.236 e. The Balaban J connectivity index is 2.27. The van der Waals surface area contributed by atoms with E-state index in [4.69, 9.17) is 5.73 Å². The van der Waals surface area contributed by atoms with E-state index in [0.717, 1.165) is 12.0 Å². The second kappa shape index (κ2) is 6.87. The lowest BCUT2D eigenvalue weighted by atomic mass is 9.97. The van der Waals surface area contributed by atoms with Gasteiger partial charge in [0.1, 0.15) is 0 Å². The van der Waals surface area contributed by atoms with Gasteiger partial charge in [-0.05, 0) is 17.5 Å². The van der Waals surface area contributed by atoms with Gasteiger partial charge in [0, 0.05) is 7.05 Å². The Morgan fingerprint density at radius 3 is 2.15 bits per heavy atom. The van der Waals surface area contributed by atoms with Crippen molar-refractivity contribution < 1.29 is 4.79 Å². The summed E-state index contributed by atoms with van der Waals surface area (Å²) in [5.74, 6) is -0.0465. The first-order valence-electron chi connectivity index (χ1n) is 6.77. The standard InChI is InChI=1S/C17H20N2O/c1-19(17(20)13-18)16(15-10-6-3-7-11-15)12-14-8-4-2-5-9-14/h2-11,16H,12-13,18H2,1H3/t16-/m0/s1. The predicted molar refractivity (Wildman–Crippen MR) is 81.2 cm³/mol. The Hall–Kier alpha value is -2.13. The largest absolute Gasteiger partial charge is 0.337 e. The van der Waals surface area contributed by atoms with E-state index in [-0.39, 0.29) is 18.5 Å². The first kappa shape index (κ1) is 14.3. The van der Waals surface area contributed by atoms with Crippen molar-refractivity contribution in [2.45, 2.75) is 12.5 Å². The number of hydrogen-bond acceptors (Lipinski definition) is 2. The topological polar surface area (TPSA) is 46.3 Å². The minimum Gasteiger partial charge on any atom is -0.337 e. The number of amides is 1. The Morgan fingerprint density at radius 2 is 1.60 bits per heavy atom. The number of nitrogens with zero attached hydrogens (tertiary/aromatic N) is 1. The van der Waals surface area contributed by atoms with E-state index in [9.17, 15) is 4.79 Å². The van der Waals surface area contributed by atoms with Gasteiger partial charge in [-0.3, -0.25) is 4.79 Å². The van der Waals surface area contributed by atoms with Crippen molar-refractivity contribution in [3.8, 4) is 0 Å². The molecule has 20 heavy (non-hydrogen) atoms. The van der Waals surface area contributed by atoms with Gasteiger partial charge in [-0.25, -0.2) is 0 Å². The van der Waals surface area contributed by atoms with E-state index in [1.165, 1.54) is 5.56 Å². The molecule has 1 atom stereocenters. The lowest BCUT2D eigenvalue weighted by Crippen LogP contribution is -2.36. The number of hydrogen-bond donors (Lipinski definition) is 1. The zero-order valence-corrected chi connectivity index (χ0v) is 11.7. The molecule has 0 heterocycles. The fourth-order valence-corrected chi connectivity index (χ4v) is 2.31. The van der Waals surface area contributed by atoms with E-state index in [0.29, 0.717) is 0 Å². The zero-order chi connectivity index (χ0) is 14.4. The Morgan fingerprint density at radius 1 is 1.05 bits per heavy atom. The van der Waals surface area contributed by atoms with Crippen LogP contribution in [0, 0.1) is 0 Å². The minimum atomic E-state index is -0.0465. The van der Waals surface area contributed by atoms with Crippen LogP contribution in [0.25, 0.3) is 0 Å². The maximum atomic E-state index is 11.9. The monoisotopic (exact) mass is 268 g/mol. The minimum absolute atomic E-state index is 0.00894. The van der Waals surface area contributed by atoms with Gasteiger partial charge in [0.2, 0.25) is 5.91 Å². The molecule has 0 aliphatic rings. The van der Waals surface area contributed by atoms with Crippen LogP contribution in [-0.2, 0) is 11.2 Å². The molecular weight excluding hydrogens is 248 g/mol. The van der Waals surface area contributed by atoms with Crippen LogP contribution >= 0.6 is 0 Å². The van der Waals surface area contributed by atoms with Crippen LogP contribution in [0.2, 0.25) is 0 Å². The smallest absolute Gasteiger partial charge is 0.236 e. The molecule has 0 bridgehead atoms. The molecule has 0 saturated heterocycles. The van der Waals surface area contributed by atoms with Gasteiger partial charge in [-0.1, -0.05) is 60.7 Å². The van der Waals surface area contributed by atoms with Crippen LogP contribution in [0.1, 0.15) is 17.2 Å². The van der Waals surface area contributed by atoms with Gasteiger partial charge in [0.05, 0.1) is 12.6 Å². The van der Waals surface area contributed by atoms with Crippen LogP contribution in [-0.4, -0.2) is 24.4 Å². The van der Waals surface area contributed by atoms with E-state index in [1.54, 1.807) is 4.90 Å². The SMILES string of the molecule is CN(C(=O)CN)[C@@H](Cc1ccccc1)c1ccccc1. The van der Waals surface area contributed by atoms with Crippen molar-refractivity contribution in [2.24, 2.45) is 5.73 Å². The average molecular weight is 268 g/mol. The second-order valence-electron chi connectivity index (χ2n) is 4.82. The summed E-state index contributed by atoms with van der Waals surface area (Å²) in [6, 6.07) is 20.3. The maximum absolute atomic E-state index is 11.9. The molecule has 0 fully saturated rings. The fraction of sp³-hybridized carbons (Fsp3) is 0.235. The molecule has 0 saturated carbocycles. The highest BCUT2D eigenvalue weighted by Crippen LogP contribution is 2.23. The Labute approximate surface area is 120 Å². The number of carbonyl (C=O) groups is 1. The molecule has 0 aliphatic heterocycles. The highest BCUT2D eigenvalue weighted by molar-refractivity contribution is 5.78. The Kier molecular flexibility index (Phi) is 4.91. The van der Waals surface area contributed by atoms with Gasteiger partial charge in [-0.15, -0.1) is 0 Å². The lowest BCUT2D eigenvalue weighted by molar-refractivity contribution is -0.130. The summed E-state index contributed by atoms with van der Waals surface area (Å²) < 4.78 is 0. The highest BCUT2D eigenvalue weighted by Gasteiger charge is 2.20. The summed E-state index contributed by atoms with van der Waals surface area (Å²) >= 11 is 0. The van der Waals surface area contributed by atoms with E-state index < -0.39 is 0 Å². The van der Waals surface area contributed by atoms with Crippen LogP contribution in [0.4, 0.5) is 0 Å². The van der Waals surface area contributed by atoms with Crippen molar-refractivity contribution in [2.75, 3.05) is 13.6 Å². The number of rotatable bonds is 5. The second-order valence-corrected chi connectivity index (χ2v) is 4.82. The molecule has 3 heteroatoms. The number of likely N-dealkylation sites (N-methyl/N-ethyl adjacent to an activating group) is 1. The van der Waals surface area contributed by atoms with Crippen LogP contribution in [0.15, 0.2) is 60.7 Å². The summed E-state index contributed by atoms with van der Waals surface area (Å²) in [4.78, 5) is 13.7. The number of carbonyl (C=O) groups excluding carboxylic acids is 1. The summed E-state index contributed by atoms with van der Waals surface area (Å²) in [5.41, 5.74) is 7.82. The van der Waals surface area contributed by atoms with Gasteiger partial charge >= 0.3 is 0 Å². The van der Waals surface area contributed by atoms with Gasteiger partial charge in [-0.2, -0.15) is 0 Å². The molecule has 0 spiro atoms. The quantitative estimate of drug-likeness (QED) is 0.905. The molecule has 0 aromatic heterocycles. The third-order valence-electron chi connectivity index (χ3n) is 3.49. The summed E-state index contributed by atoms with van der Waals surface area (Å²) in [7, 11) is 1.82.